The monoisotopic (exact) mass is 666 g/mol. The summed E-state index contributed by atoms with van der Waals surface area (Å²) in [6.07, 6.45) is 8.90. The van der Waals surface area contributed by atoms with Gasteiger partial charge in [0.05, 0.1) is 119 Å². The first-order valence-corrected chi connectivity index (χ1v) is 15.6. The molecule has 0 heterocycles. The van der Waals surface area contributed by atoms with Crippen LogP contribution in [0.1, 0.15) is 25.7 Å². The molecule has 0 saturated carbocycles. The van der Waals surface area contributed by atoms with Crippen molar-refractivity contribution < 1.29 is 57.2 Å². The molecule has 0 bridgehead atoms. The van der Waals surface area contributed by atoms with E-state index >= 15 is 0 Å². The molecule has 0 spiro atoms. The summed E-state index contributed by atoms with van der Waals surface area (Å²) in [6, 6.07) is 0. The van der Waals surface area contributed by atoms with Crippen molar-refractivity contribution in [2.24, 2.45) is 22.1 Å². The van der Waals surface area contributed by atoms with Gasteiger partial charge in [0.25, 0.3) is 0 Å². The van der Waals surface area contributed by atoms with Crippen molar-refractivity contribution >= 4 is 12.4 Å². The molecule has 0 rings (SSSR count). The predicted octanol–water partition coefficient (Wildman–Crippen LogP) is 1.57. The maximum Gasteiger partial charge on any atom is 0.104 e. The second kappa shape index (κ2) is 39.1. The van der Waals surface area contributed by atoms with Crippen molar-refractivity contribution in [1.82, 2.24) is 0 Å². The van der Waals surface area contributed by atoms with Gasteiger partial charge >= 0.3 is 0 Å². The molecular formula is C30H58N4O12. The Morgan fingerprint density at radius 2 is 0.717 bits per heavy atom. The van der Waals surface area contributed by atoms with Gasteiger partial charge in [-0.25, -0.2) is 0 Å². The zero-order valence-electron chi connectivity index (χ0n) is 27.4. The van der Waals surface area contributed by atoms with Crippen LogP contribution in [0.5, 0.6) is 0 Å². The van der Waals surface area contributed by atoms with Crippen molar-refractivity contribution in [3.63, 3.8) is 0 Å². The van der Waals surface area contributed by atoms with Gasteiger partial charge in [0, 0.05) is 25.3 Å². The van der Waals surface area contributed by atoms with E-state index in [1.165, 1.54) is 12.4 Å². The molecular weight excluding hydrogens is 608 g/mol. The molecule has 46 heavy (non-hydrogen) atoms. The number of oxime groups is 2. The molecule has 2 unspecified atom stereocenters. The highest BCUT2D eigenvalue weighted by molar-refractivity contribution is 5.56. The number of nitrogens with two attached hydrogens (primary N) is 2. The summed E-state index contributed by atoms with van der Waals surface area (Å²) < 4.78 is 56.9. The molecule has 0 aromatic rings. The Morgan fingerprint density at radius 3 is 1.04 bits per heavy atom. The number of hydrogen-bond acceptors (Lipinski definition) is 16. The fourth-order valence-corrected chi connectivity index (χ4v) is 3.25. The van der Waals surface area contributed by atoms with E-state index in [9.17, 15) is 0 Å². The summed E-state index contributed by atoms with van der Waals surface area (Å²) >= 11 is 0. The molecule has 0 aliphatic rings. The normalized spacial score (nSPS) is 13.0. The van der Waals surface area contributed by atoms with Crippen LogP contribution in [0.3, 0.4) is 0 Å². The highest BCUT2D eigenvalue weighted by atomic mass is 16.7. The minimum absolute atomic E-state index is 0.252. The van der Waals surface area contributed by atoms with Gasteiger partial charge in [-0.05, 0) is 12.8 Å². The molecule has 0 radical (unpaired) electrons. The van der Waals surface area contributed by atoms with E-state index < -0.39 is 0 Å². The predicted molar refractivity (Wildman–Crippen MR) is 172 cm³/mol. The molecule has 0 aliphatic carbocycles. The van der Waals surface area contributed by atoms with Crippen molar-refractivity contribution in [3.05, 3.63) is 25.3 Å². The van der Waals surface area contributed by atoms with E-state index in [0.717, 1.165) is 12.8 Å². The van der Waals surface area contributed by atoms with Gasteiger partial charge in [-0.15, -0.1) is 25.0 Å². The maximum absolute atomic E-state index is 5.91. The topological polar surface area (TPSA) is 188 Å². The number of ether oxygens (including phenoxy) is 10. The van der Waals surface area contributed by atoms with Crippen molar-refractivity contribution in [1.29, 1.82) is 0 Å². The molecule has 0 saturated heterocycles. The van der Waals surface area contributed by atoms with E-state index in [0.29, 0.717) is 132 Å². The Kier molecular flexibility index (Phi) is 37.4. The Balaban J connectivity index is 4.38. The number of nitrogens with zero attached hydrogens (tertiary/aromatic N) is 2. The van der Waals surface area contributed by atoms with Crippen LogP contribution in [-0.2, 0) is 57.2 Å². The third kappa shape index (κ3) is 34.8. The molecule has 0 amide bonds. The minimum Gasteiger partial charge on any atom is -0.379 e. The molecule has 2 atom stereocenters. The number of hydrogen-bond donors (Lipinski definition) is 2. The fourth-order valence-electron chi connectivity index (χ4n) is 3.25. The van der Waals surface area contributed by atoms with Crippen LogP contribution in [0, 0.1) is 0 Å². The molecule has 16 heteroatoms. The molecule has 270 valence electrons. The smallest absolute Gasteiger partial charge is 0.104 e. The summed E-state index contributed by atoms with van der Waals surface area (Å²) in [5.74, 6) is 9.65. The van der Waals surface area contributed by atoms with Gasteiger partial charge in [0.1, 0.15) is 12.2 Å². The minimum atomic E-state index is -0.302. The number of rotatable bonds is 39. The first-order valence-electron chi connectivity index (χ1n) is 15.6. The fraction of sp³-hybridized carbons (Fsp3) is 0.800. The first-order chi connectivity index (χ1) is 22.8. The van der Waals surface area contributed by atoms with Crippen LogP contribution < -0.4 is 11.8 Å². The standard InChI is InChI=1S/C30H58N4O12/c1-3-5-11-35-15-17-39-25-29(43-23-21-36-12-6-4-2)27-41-19-20-42-28-30(44-24-22-38-14-8-10-34-46-32)26-40-18-16-37-13-7-9-33-45-31/h3-4,9-10,29-30H,1-2,5-8,11-28,31-32H2/b33-9?,34-10-. The van der Waals surface area contributed by atoms with Gasteiger partial charge < -0.3 is 57.2 Å². The summed E-state index contributed by atoms with van der Waals surface area (Å²) in [5.41, 5.74) is 0. The summed E-state index contributed by atoms with van der Waals surface area (Å²) in [6.45, 7) is 15.1. The van der Waals surface area contributed by atoms with E-state index in [1.807, 2.05) is 12.2 Å². The van der Waals surface area contributed by atoms with Crippen molar-refractivity contribution in [2.75, 3.05) is 119 Å². The Bertz CT molecular complexity index is 694. The van der Waals surface area contributed by atoms with Gasteiger partial charge in [-0.2, -0.15) is 0 Å². The van der Waals surface area contributed by atoms with Crippen molar-refractivity contribution in [3.8, 4) is 0 Å². The maximum atomic E-state index is 5.91. The summed E-state index contributed by atoms with van der Waals surface area (Å²) in [7, 11) is 0. The van der Waals surface area contributed by atoms with Crippen LogP contribution in [-0.4, -0.2) is 144 Å². The Hall–Kier alpha value is -2.06. The SMILES string of the molecule is C=CCCOCCOCC(COCCOCC(COCCOCCC=NON)OCCOCC/C=N\ON)OCCOCCC=C. The molecule has 4 N–H and O–H groups in total. The summed E-state index contributed by atoms with van der Waals surface area (Å²) in [4.78, 5) is 8.24. The van der Waals surface area contributed by atoms with Crippen LogP contribution in [0.4, 0.5) is 0 Å². The van der Waals surface area contributed by atoms with E-state index in [4.69, 9.17) is 59.2 Å². The first kappa shape index (κ1) is 43.9. The molecule has 0 aromatic carbocycles. The van der Waals surface area contributed by atoms with Crippen LogP contribution in [0.15, 0.2) is 35.6 Å². The summed E-state index contributed by atoms with van der Waals surface area (Å²) in [5, 5.41) is 6.89. The molecule has 16 nitrogen and oxygen atoms in total. The lowest BCUT2D eigenvalue weighted by atomic mass is 10.4. The second-order valence-electron chi connectivity index (χ2n) is 9.25. The third-order valence-electron chi connectivity index (χ3n) is 5.48. The van der Waals surface area contributed by atoms with Gasteiger partial charge in [0.15, 0.2) is 0 Å². The van der Waals surface area contributed by atoms with E-state index in [1.54, 1.807) is 0 Å². The van der Waals surface area contributed by atoms with E-state index in [2.05, 4.69) is 33.3 Å². The molecule has 0 fully saturated rings. The zero-order valence-corrected chi connectivity index (χ0v) is 27.4. The lowest BCUT2D eigenvalue weighted by Crippen LogP contribution is -2.30. The van der Waals surface area contributed by atoms with Crippen LogP contribution in [0.2, 0.25) is 0 Å². The Morgan fingerprint density at radius 1 is 0.413 bits per heavy atom. The van der Waals surface area contributed by atoms with Crippen molar-refractivity contribution in [2.45, 2.75) is 37.9 Å². The average molecular weight is 667 g/mol. The molecule has 0 aromatic heterocycles. The highest BCUT2D eigenvalue weighted by Gasteiger charge is 2.12. The van der Waals surface area contributed by atoms with E-state index in [-0.39, 0.29) is 12.2 Å². The average Bonchev–Trinajstić information content (AvgIpc) is 3.06. The Labute approximate surface area is 274 Å². The third-order valence-corrected chi connectivity index (χ3v) is 5.48. The largest absolute Gasteiger partial charge is 0.379 e. The zero-order chi connectivity index (χ0) is 33.4. The highest BCUT2D eigenvalue weighted by Crippen LogP contribution is 2.00. The molecule has 0 aliphatic heterocycles. The van der Waals surface area contributed by atoms with Gasteiger partial charge in [0.2, 0.25) is 0 Å². The van der Waals surface area contributed by atoms with Gasteiger partial charge in [-0.1, -0.05) is 22.5 Å². The quantitative estimate of drug-likeness (QED) is 0.0416. The lowest BCUT2D eigenvalue weighted by Gasteiger charge is -2.20. The van der Waals surface area contributed by atoms with Crippen LogP contribution in [0.25, 0.3) is 0 Å². The van der Waals surface area contributed by atoms with Gasteiger partial charge in [-0.3, -0.25) is 0 Å². The van der Waals surface area contributed by atoms with Crippen LogP contribution >= 0.6 is 0 Å². The second-order valence-corrected chi connectivity index (χ2v) is 9.25. The lowest BCUT2D eigenvalue weighted by molar-refractivity contribution is -0.0956.